The Hall–Kier alpha value is 1.83. The zero-order valence-electron chi connectivity index (χ0n) is 11.1. The zero-order valence-corrected chi connectivity index (χ0v) is 17.4. The van der Waals surface area contributed by atoms with Gasteiger partial charge in [0.2, 0.25) is 0 Å². The summed E-state index contributed by atoms with van der Waals surface area (Å²) in [4.78, 5) is 19.0. The van der Waals surface area contributed by atoms with Crippen LogP contribution >= 0.6 is 0 Å². The van der Waals surface area contributed by atoms with E-state index in [1.165, 1.54) is 0 Å². The molecular formula is C9H18K2O7. The Morgan fingerprint density at radius 3 is 1.28 bits per heavy atom. The normalized spacial score (nSPS) is 6.17. The summed E-state index contributed by atoms with van der Waals surface area (Å²) in [5.74, 6) is -2.73. The molecule has 4 N–H and O–H groups in total. The van der Waals surface area contributed by atoms with Crippen molar-refractivity contribution in [3.05, 3.63) is 12.7 Å². The van der Waals surface area contributed by atoms with Crippen molar-refractivity contribution in [1.82, 2.24) is 0 Å². The number of hydrogen-bond donors (Lipinski definition) is 2. The first-order chi connectivity index (χ1) is 6.95. The number of carbonyl (C=O) groups excluding carboxylic acids is 2. The van der Waals surface area contributed by atoms with Gasteiger partial charge in [0, 0.05) is 11.9 Å². The molecule has 0 fully saturated rings. The van der Waals surface area contributed by atoms with Crippen LogP contribution in [-0.4, -0.2) is 40.8 Å². The molecule has 0 aromatic heterocycles. The molecule has 0 aromatic rings. The number of carbonyl (C=O) groups is 2. The minimum Gasteiger partial charge on any atom is -0.550 e. The van der Waals surface area contributed by atoms with Gasteiger partial charge in [-0.05, 0) is 19.8 Å². The molecule has 0 aliphatic rings. The van der Waals surface area contributed by atoms with Gasteiger partial charge in [-0.1, -0.05) is 6.08 Å². The van der Waals surface area contributed by atoms with Crippen LogP contribution in [0.4, 0.5) is 0 Å². The maximum absolute atomic E-state index is 9.50. The van der Waals surface area contributed by atoms with Gasteiger partial charge in [-0.15, -0.1) is 6.58 Å². The first-order valence-corrected chi connectivity index (χ1v) is 4.14. The summed E-state index contributed by atoms with van der Waals surface area (Å²) in [6.45, 7) is 5.00. The summed E-state index contributed by atoms with van der Waals surface area (Å²) in [6.07, 6.45) is 0.810. The average Bonchev–Trinajstić information content (AvgIpc) is 2.16. The quantitative estimate of drug-likeness (QED) is 0.388. The zero-order chi connectivity index (χ0) is 12.7. The number of aliphatic hydroxyl groups is 2. The minimum absolute atomic E-state index is 0. The first-order valence-electron chi connectivity index (χ1n) is 4.14. The van der Waals surface area contributed by atoms with E-state index in [4.69, 9.17) is 10.2 Å². The Balaban J connectivity index is -0.0000000314. The molecule has 0 radical (unpaired) electrons. The van der Waals surface area contributed by atoms with E-state index in [1.807, 2.05) is 6.92 Å². The molecule has 0 unspecified atom stereocenters. The SMILES string of the molecule is C=CC.O.O=C([O-])CCC(=O)[O-].OCCO.[K+].[K+]. The van der Waals surface area contributed by atoms with Crippen LogP contribution in [0.1, 0.15) is 19.8 Å². The van der Waals surface area contributed by atoms with Crippen LogP contribution in [0.3, 0.4) is 0 Å². The monoisotopic (exact) mass is 316 g/mol. The van der Waals surface area contributed by atoms with Gasteiger partial charge >= 0.3 is 103 Å². The minimum atomic E-state index is -1.37. The molecule has 0 aromatic carbocycles. The fourth-order valence-corrected chi connectivity index (χ4v) is 0.204. The second-order valence-electron chi connectivity index (χ2n) is 2.10. The van der Waals surface area contributed by atoms with Crippen LogP contribution in [0.5, 0.6) is 0 Å². The average molecular weight is 316 g/mol. The molecule has 0 bridgehead atoms. The fraction of sp³-hybridized carbons (Fsp3) is 0.556. The smallest absolute Gasteiger partial charge is 0.550 e. The predicted molar refractivity (Wildman–Crippen MR) is 52.9 cm³/mol. The third-order valence-electron chi connectivity index (χ3n) is 0.633. The van der Waals surface area contributed by atoms with Crippen LogP contribution in [0.2, 0.25) is 0 Å². The Bertz CT molecular complexity index is 160. The molecule has 0 saturated heterocycles. The molecule has 0 aliphatic heterocycles. The van der Waals surface area contributed by atoms with Gasteiger partial charge in [0.15, 0.2) is 0 Å². The van der Waals surface area contributed by atoms with Gasteiger partial charge in [-0.25, -0.2) is 0 Å². The summed E-state index contributed by atoms with van der Waals surface area (Å²) in [7, 11) is 0. The van der Waals surface area contributed by atoms with E-state index in [0.717, 1.165) is 0 Å². The number of aliphatic hydroxyl groups excluding tert-OH is 2. The van der Waals surface area contributed by atoms with Crippen molar-refractivity contribution in [2.75, 3.05) is 13.2 Å². The van der Waals surface area contributed by atoms with Crippen molar-refractivity contribution in [2.24, 2.45) is 0 Å². The third-order valence-corrected chi connectivity index (χ3v) is 0.633. The topological polar surface area (TPSA) is 152 Å². The van der Waals surface area contributed by atoms with Crippen LogP contribution in [0, 0.1) is 0 Å². The molecule has 98 valence electrons. The van der Waals surface area contributed by atoms with E-state index in [-0.39, 0.29) is 121 Å². The van der Waals surface area contributed by atoms with Crippen molar-refractivity contribution in [1.29, 1.82) is 0 Å². The van der Waals surface area contributed by atoms with Crippen LogP contribution in [0.15, 0.2) is 12.7 Å². The second-order valence-corrected chi connectivity index (χ2v) is 2.10. The number of hydrogen-bond acceptors (Lipinski definition) is 6. The largest absolute Gasteiger partial charge is 1.00 e. The molecule has 0 rings (SSSR count). The molecule has 0 atom stereocenters. The van der Waals surface area contributed by atoms with E-state index >= 15 is 0 Å². The van der Waals surface area contributed by atoms with Gasteiger partial charge in [0.05, 0.1) is 13.2 Å². The summed E-state index contributed by atoms with van der Waals surface area (Å²) in [6, 6.07) is 0. The van der Waals surface area contributed by atoms with Crippen molar-refractivity contribution >= 4 is 11.9 Å². The second kappa shape index (κ2) is 36.4. The van der Waals surface area contributed by atoms with Crippen LogP contribution < -0.4 is 113 Å². The summed E-state index contributed by atoms with van der Waals surface area (Å²) < 4.78 is 0. The molecule has 0 amide bonds. The van der Waals surface area contributed by atoms with Gasteiger partial charge in [0.1, 0.15) is 0 Å². The number of allylic oxidation sites excluding steroid dienone is 1. The molecule has 9 heteroatoms. The molecule has 7 nitrogen and oxygen atoms in total. The Kier molecular flexibility index (Phi) is 74.3. The predicted octanol–water partition coefficient (Wildman–Crippen LogP) is -9.39. The molecular weight excluding hydrogens is 298 g/mol. The summed E-state index contributed by atoms with van der Waals surface area (Å²) in [5.41, 5.74) is 0. The van der Waals surface area contributed by atoms with Crippen LogP contribution in [0.25, 0.3) is 0 Å². The van der Waals surface area contributed by atoms with E-state index in [9.17, 15) is 19.8 Å². The number of aliphatic carboxylic acids is 2. The van der Waals surface area contributed by atoms with E-state index in [2.05, 4.69) is 6.58 Å². The Labute approximate surface area is 192 Å². The maximum Gasteiger partial charge on any atom is 1.00 e. The van der Waals surface area contributed by atoms with Crippen molar-refractivity contribution < 1.29 is 138 Å². The molecule has 0 spiro atoms. The van der Waals surface area contributed by atoms with E-state index in [0.29, 0.717) is 0 Å². The Morgan fingerprint density at radius 1 is 1.06 bits per heavy atom. The summed E-state index contributed by atoms with van der Waals surface area (Å²) >= 11 is 0. The molecule has 0 heterocycles. The maximum atomic E-state index is 9.50. The Morgan fingerprint density at radius 2 is 1.22 bits per heavy atom. The molecule has 0 aliphatic carbocycles. The van der Waals surface area contributed by atoms with Gasteiger partial charge in [0.25, 0.3) is 0 Å². The van der Waals surface area contributed by atoms with Crippen molar-refractivity contribution in [3.63, 3.8) is 0 Å². The van der Waals surface area contributed by atoms with Crippen molar-refractivity contribution in [3.8, 4) is 0 Å². The number of rotatable bonds is 4. The molecule has 0 saturated carbocycles. The van der Waals surface area contributed by atoms with E-state index in [1.54, 1.807) is 6.08 Å². The third kappa shape index (κ3) is 82.4. The number of carboxylic acids is 2. The number of carboxylic acid groups (broad SMARTS) is 2. The molecule has 18 heavy (non-hydrogen) atoms. The van der Waals surface area contributed by atoms with Crippen LogP contribution in [-0.2, 0) is 9.59 Å². The first kappa shape index (κ1) is 36.8. The fourth-order valence-electron chi connectivity index (χ4n) is 0.204. The van der Waals surface area contributed by atoms with Crippen molar-refractivity contribution in [2.45, 2.75) is 19.8 Å². The van der Waals surface area contributed by atoms with Gasteiger partial charge < -0.3 is 35.5 Å². The van der Waals surface area contributed by atoms with Gasteiger partial charge in [-0.3, -0.25) is 0 Å². The summed E-state index contributed by atoms with van der Waals surface area (Å²) in [5, 5.41) is 34.3. The van der Waals surface area contributed by atoms with E-state index < -0.39 is 24.8 Å². The van der Waals surface area contributed by atoms with Gasteiger partial charge in [-0.2, -0.15) is 0 Å². The standard InChI is InChI=1S/C4H6O4.C3H6.C2H6O2.2K.H2O/c5-3(6)1-2-4(7)8;1-3-2;3-1-2-4;;;/h1-2H2,(H,5,6)(H,7,8);3H,1H2,2H3;3-4H,1-2H2;;;1H2/q;;;2*+1;/p-2.